The van der Waals surface area contributed by atoms with Gasteiger partial charge < -0.3 is 9.15 Å². The first-order chi connectivity index (χ1) is 13.5. The van der Waals surface area contributed by atoms with Crippen LogP contribution in [0.3, 0.4) is 0 Å². The summed E-state index contributed by atoms with van der Waals surface area (Å²) >= 11 is 0. The fraction of sp³-hybridized carbons (Fsp3) is 0.174. The Bertz CT molecular complexity index is 1220. The molecule has 0 atom stereocenters. The smallest absolute Gasteiger partial charge is 0.336 e. The third-order valence-electron chi connectivity index (χ3n) is 4.82. The molecule has 0 unspecified atom stereocenters. The normalized spacial score (nSPS) is 11.4. The lowest BCUT2D eigenvalue weighted by Gasteiger charge is -2.18. The largest absolute Gasteiger partial charge is 0.494 e. The average Bonchev–Trinajstić information content (AvgIpc) is 2.67. The molecule has 4 rings (SSSR count). The average molecular weight is 377 g/mol. The van der Waals surface area contributed by atoms with E-state index >= 15 is 0 Å². The van der Waals surface area contributed by atoms with E-state index in [2.05, 4.69) is 0 Å². The number of hydrogen-bond donors (Lipinski definition) is 0. The van der Waals surface area contributed by atoms with Crippen molar-refractivity contribution >= 4 is 21.7 Å². The molecule has 4 nitrogen and oxygen atoms in total. The van der Waals surface area contributed by atoms with Gasteiger partial charge in [-0.2, -0.15) is 0 Å². The van der Waals surface area contributed by atoms with Crippen LogP contribution in [-0.2, 0) is 13.1 Å². The van der Waals surface area contributed by atoms with Crippen LogP contribution in [0.15, 0.2) is 69.9 Å². The molecule has 1 heterocycles. The van der Waals surface area contributed by atoms with Crippen LogP contribution in [0.5, 0.6) is 5.75 Å². The van der Waals surface area contributed by atoms with Crippen molar-refractivity contribution in [1.29, 1.82) is 0 Å². The summed E-state index contributed by atoms with van der Waals surface area (Å²) in [5, 5.41) is 3.07. The van der Waals surface area contributed by atoms with Gasteiger partial charge in [0.2, 0.25) is 0 Å². The highest BCUT2D eigenvalue weighted by Gasteiger charge is 2.12. The zero-order chi connectivity index (χ0) is 19.7. The van der Waals surface area contributed by atoms with Crippen molar-refractivity contribution in [1.82, 2.24) is 4.90 Å². The van der Waals surface area contributed by atoms with Gasteiger partial charge in [-0.05, 0) is 47.1 Å². The SMILES string of the molecule is COc1ccc(CN(C)Cc2cc(=O)oc3ccc4ccccc4c23)cc1F. The molecule has 0 aliphatic heterocycles. The van der Waals surface area contributed by atoms with Gasteiger partial charge in [-0.1, -0.05) is 36.4 Å². The number of methoxy groups -OCH3 is 1. The molecule has 1 aromatic heterocycles. The first-order valence-corrected chi connectivity index (χ1v) is 9.00. The van der Waals surface area contributed by atoms with Crippen LogP contribution in [0.25, 0.3) is 21.7 Å². The van der Waals surface area contributed by atoms with Crippen molar-refractivity contribution in [3.05, 3.63) is 88.0 Å². The van der Waals surface area contributed by atoms with E-state index < -0.39 is 0 Å². The Balaban J connectivity index is 1.70. The van der Waals surface area contributed by atoms with Crippen LogP contribution in [0.2, 0.25) is 0 Å². The van der Waals surface area contributed by atoms with Gasteiger partial charge in [0.05, 0.1) is 7.11 Å². The molecule has 5 heteroatoms. The molecule has 28 heavy (non-hydrogen) atoms. The van der Waals surface area contributed by atoms with Crippen molar-refractivity contribution in [2.75, 3.05) is 14.2 Å². The lowest BCUT2D eigenvalue weighted by atomic mass is 10.0. The second kappa shape index (κ2) is 7.44. The number of nitrogens with zero attached hydrogens (tertiary/aromatic N) is 1. The van der Waals surface area contributed by atoms with E-state index in [1.807, 2.05) is 54.4 Å². The number of fused-ring (bicyclic) bond motifs is 3. The van der Waals surface area contributed by atoms with Gasteiger partial charge in [0, 0.05) is 24.5 Å². The predicted molar refractivity (Wildman–Crippen MR) is 108 cm³/mol. The van der Waals surface area contributed by atoms with Gasteiger partial charge in [-0.15, -0.1) is 0 Å². The van der Waals surface area contributed by atoms with Crippen molar-refractivity contribution < 1.29 is 13.5 Å². The summed E-state index contributed by atoms with van der Waals surface area (Å²) in [6.07, 6.45) is 0. The molecule has 0 N–H and O–H groups in total. The molecule has 0 saturated heterocycles. The highest BCUT2D eigenvalue weighted by atomic mass is 19.1. The topological polar surface area (TPSA) is 42.7 Å². The van der Waals surface area contributed by atoms with Crippen LogP contribution in [0.4, 0.5) is 4.39 Å². The fourth-order valence-corrected chi connectivity index (χ4v) is 3.61. The molecule has 3 aromatic carbocycles. The molecule has 0 bridgehead atoms. The second-order valence-electron chi connectivity index (χ2n) is 6.89. The van der Waals surface area contributed by atoms with E-state index in [9.17, 15) is 9.18 Å². The number of halogens is 1. The summed E-state index contributed by atoms with van der Waals surface area (Å²) in [5.74, 6) is -0.158. The lowest BCUT2D eigenvalue weighted by molar-refractivity contribution is 0.318. The van der Waals surface area contributed by atoms with Gasteiger partial charge in [0.1, 0.15) is 5.58 Å². The van der Waals surface area contributed by atoms with E-state index in [0.29, 0.717) is 18.7 Å². The molecule has 0 amide bonds. The van der Waals surface area contributed by atoms with E-state index in [1.165, 1.54) is 13.2 Å². The molecule has 4 aromatic rings. The summed E-state index contributed by atoms with van der Waals surface area (Å²) in [6.45, 7) is 1.07. The van der Waals surface area contributed by atoms with E-state index in [-0.39, 0.29) is 17.2 Å². The Labute approximate surface area is 161 Å². The van der Waals surface area contributed by atoms with Gasteiger partial charge >= 0.3 is 5.63 Å². The molecule has 0 saturated carbocycles. The highest BCUT2D eigenvalue weighted by Crippen LogP contribution is 2.28. The van der Waals surface area contributed by atoms with Crippen LogP contribution in [0.1, 0.15) is 11.1 Å². The summed E-state index contributed by atoms with van der Waals surface area (Å²) in [7, 11) is 3.38. The zero-order valence-electron chi connectivity index (χ0n) is 15.7. The maximum atomic E-state index is 14.0. The van der Waals surface area contributed by atoms with Crippen LogP contribution in [-0.4, -0.2) is 19.1 Å². The minimum absolute atomic E-state index is 0.226. The Morgan fingerprint density at radius 2 is 1.86 bits per heavy atom. The third-order valence-corrected chi connectivity index (χ3v) is 4.82. The van der Waals surface area contributed by atoms with Gasteiger partial charge in [-0.25, -0.2) is 9.18 Å². The minimum Gasteiger partial charge on any atom is -0.494 e. The monoisotopic (exact) mass is 377 g/mol. The van der Waals surface area contributed by atoms with Crippen molar-refractivity contribution in [2.45, 2.75) is 13.1 Å². The van der Waals surface area contributed by atoms with Crippen molar-refractivity contribution in [3.63, 3.8) is 0 Å². The van der Waals surface area contributed by atoms with E-state index in [0.717, 1.165) is 27.3 Å². The summed E-state index contributed by atoms with van der Waals surface area (Å²) in [4.78, 5) is 14.1. The number of rotatable bonds is 5. The molecular formula is C23H20FNO3. The van der Waals surface area contributed by atoms with Gasteiger partial charge in [0.25, 0.3) is 0 Å². The van der Waals surface area contributed by atoms with E-state index in [1.54, 1.807) is 12.1 Å². The first kappa shape index (κ1) is 18.2. The lowest BCUT2D eigenvalue weighted by Crippen LogP contribution is -2.18. The molecule has 0 radical (unpaired) electrons. The van der Waals surface area contributed by atoms with Crippen molar-refractivity contribution in [3.8, 4) is 5.75 Å². The number of benzene rings is 3. The van der Waals surface area contributed by atoms with Crippen LogP contribution >= 0.6 is 0 Å². The molecule has 0 spiro atoms. The Hall–Kier alpha value is -3.18. The van der Waals surface area contributed by atoms with Gasteiger partial charge in [-0.3, -0.25) is 4.90 Å². The zero-order valence-corrected chi connectivity index (χ0v) is 15.7. The molecule has 0 aliphatic carbocycles. The molecule has 0 fully saturated rings. The fourth-order valence-electron chi connectivity index (χ4n) is 3.61. The maximum Gasteiger partial charge on any atom is 0.336 e. The quantitative estimate of drug-likeness (QED) is 0.373. The third kappa shape index (κ3) is 3.49. The molecule has 142 valence electrons. The van der Waals surface area contributed by atoms with Crippen molar-refractivity contribution in [2.24, 2.45) is 0 Å². The Morgan fingerprint density at radius 3 is 2.64 bits per heavy atom. The van der Waals surface area contributed by atoms with E-state index in [4.69, 9.17) is 9.15 Å². The van der Waals surface area contributed by atoms with Crippen LogP contribution < -0.4 is 10.4 Å². The summed E-state index contributed by atoms with van der Waals surface area (Å²) < 4.78 is 24.3. The Morgan fingerprint density at radius 1 is 1.04 bits per heavy atom. The maximum absolute atomic E-state index is 14.0. The number of hydrogen-bond acceptors (Lipinski definition) is 4. The Kier molecular flexibility index (Phi) is 4.84. The van der Waals surface area contributed by atoms with Crippen LogP contribution in [0, 0.1) is 5.82 Å². The highest BCUT2D eigenvalue weighted by molar-refractivity contribution is 6.07. The molecule has 0 aliphatic rings. The minimum atomic E-state index is -0.384. The first-order valence-electron chi connectivity index (χ1n) is 9.00. The number of ether oxygens (including phenoxy) is 1. The molecular weight excluding hydrogens is 357 g/mol. The standard InChI is InChI=1S/C23H20FNO3/c1-25(13-15-7-9-20(27-2)19(24)11-15)14-17-12-22(26)28-21-10-8-16-5-3-4-6-18(16)23(17)21/h3-12H,13-14H2,1-2H3. The predicted octanol–water partition coefficient (Wildman–Crippen LogP) is 4.73. The summed E-state index contributed by atoms with van der Waals surface area (Å²) in [5.41, 5.74) is 1.92. The second-order valence-corrected chi connectivity index (χ2v) is 6.89. The summed E-state index contributed by atoms with van der Waals surface area (Å²) in [6, 6.07) is 18.3. The van der Waals surface area contributed by atoms with Gasteiger partial charge in [0.15, 0.2) is 11.6 Å².